The Morgan fingerprint density at radius 3 is 2.92 bits per heavy atom. The molecule has 8 nitrogen and oxygen atoms in total. The van der Waals surface area contributed by atoms with Gasteiger partial charge >= 0.3 is 0 Å². The number of hydrogen-bond donors (Lipinski definition) is 1. The van der Waals surface area contributed by atoms with E-state index in [0.29, 0.717) is 17.7 Å². The van der Waals surface area contributed by atoms with E-state index in [2.05, 4.69) is 20.7 Å². The second-order valence-corrected chi connectivity index (χ2v) is 6.97. The number of nitrogens with one attached hydrogen (secondary N) is 1. The first kappa shape index (κ1) is 16.3. The first-order chi connectivity index (χ1) is 12.2. The molecule has 8 heteroatoms. The first-order valence-electron chi connectivity index (χ1n) is 8.85. The third-order valence-corrected chi connectivity index (χ3v) is 5.09. The molecule has 134 valence electrons. The van der Waals surface area contributed by atoms with Crippen molar-refractivity contribution < 1.29 is 18.5 Å². The first-order valence-corrected chi connectivity index (χ1v) is 8.85. The van der Waals surface area contributed by atoms with E-state index in [9.17, 15) is 4.79 Å². The van der Waals surface area contributed by atoms with Crippen LogP contribution in [0.3, 0.4) is 0 Å². The van der Waals surface area contributed by atoms with Gasteiger partial charge in [0.15, 0.2) is 0 Å². The summed E-state index contributed by atoms with van der Waals surface area (Å²) in [7, 11) is 0. The molecule has 25 heavy (non-hydrogen) atoms. The molecule has 2 aliphatic carbocycles. The summed E-state index contributed by atoms with van der Waals surface area (Å²) in [6.45, 7) is 2.70. The molecule has 2 aromatic heterocycles. The molecule has 0 radical (unpaired) electrons. The monoisotopic (exact) mass is 346 g/mol. The fourth-order valence-corrected chi connectivity index (χ4v) is 3.11. The zero-order valence-corrected chi connectivity index (χ0v) is 14.2. The quantitative estimate of drug-likeness (QED) is 0.822. The summed E-state index contributed by atoms with van der Waals surface area (Å²) in [5.41, 5.74) is 0. The van der Waals surface area contributed by atoms with E-state index in [-0.39, 0.29) is 29.7 Å². The molecule has 2 fully saturated rings. The van der Waals surface area contributed by atoms with Crippen molar-refractivity contribution in [2.45, 2.75) is 57.1 Å². The number of rotatable bonds is 7. The average molecular weight is 346 g/mol. The minimum Gasteiger partial charge on any atom is -0.422 e. The molecule has 0 saturated heterocycles. The predicted molar refractivity (Wildman–Crippen MR) is 85.7 cm³/mol. The van der Waals surface area contributed by atoms with Crippen molar-refractivity contribution >= 4 is 5.91 Å². The SMILES string of the molecule is CC(OCC1CCC1)c1nnc(C2CC(NC(=O)c3ccno3)C2)o1. The number of aromatic nitrogens is 3. The fraction of sp³-hybridized carbons (Fsp3) is 0.647. The highest BCUT2D eigenvalue weighted by Crippen LogP contribution is 2.37. The average Bonchev–Trinajstić information content (AvgIpc) is 3.19. The molecule has 4 rings (SSSR count). The summed E-state index contributed by atoms with van der Waals surface area (Å²) < 4.78 is 16.4. The van der Waals surface area contributed by atoms with Gasteiger partial charge in [-0.25, -0.2) is 0 Å². The maximum absolute atomic E-state index is 11.9. The standard InChI is InChI=1S/C17H22N4O4/c1-10(23-9-11-3-2-4-11)16-20-21-17(24-16)12-7-13(8-12)19-15(22)14-5-6-18-25-14/h5-6,10-13H,2-4,7-9H2,1H3,(H,19,22). The highest BCUT2D eigenvalue weighted by molar-refractivity contribution is 5.91. The molecule has 1 unspecified atom stereocenters. The Morgan fingerprint density at radius 2 is 2.24 bits per heavy atom. The van der Waals surface area contributed by atoms with E-state index >= 15 is 0 Å². The van der Waals surface area contributed by atoms with Gasteiger partial charge in [-0.2, -0.15) is 0 Å². The number of nitrogens with zero attached hydrogens (tertiary/aromatic N) is 3. The zero-order valence-electron chi connectivity index (χ0n) is 14.2. The molecule has 2 aromatic rings. The van der Waals surface area contributed by atoms with Gasteiger partial charge in [-0.1, -0.05) is 11.6 Å². The lowest BCUT2D eigenvalue weighted by Gasteiger charge is -2.33. The van der Waals surface area contributed by atoms with E-state index in [1.165, 1.54) is 25.5 Å². The molecule has 0 aliphatic heterocycles. The molecular formula is C17H22N4O4. The summed E-state index contributed by atoms with van der Waals surface area (Å²) in [5, 5.41) is 14.7. The third-order valence-electron chi connectivity index (χ3n) is 5.09. The summed E-state index contributed by atoms with van der Waals surface area (Å²) in [6, 6.07) is 1.63. The summed E-state index contributed by atoms with van der Waals surface area (Å²) in [5.74, 6) is 2.00. The van der Waals surface area contributed by atoms with Gasteiger partial charge in [0, 0.05) is 18.0 Å². The van der Waals surface area contributed by atoms with Crippen LogP contribution in [0.1, 0.15) is 73.4 Å². The van der Waals surface area contributed by atoms with E-state index in [4.69, 9.17) is 13.7 Å². The summed E-state index contributed by atoms with van der Waals surface area (Å²) >= 11 is 0. The van der Waals surface area contributed by atoms with Gasteiger partial charge in [0.25, 0.3) is 5.91 Å². The van der Waals surface area contributed by atoms with Crippen molar-refractivity contribution in [3.63, 3.8) is 0 Å². The maximum Gasteiger partial charge on any atom is 0.290 e. The predicted octanol–water partition coefficient (Wildman–Crippen LogP) is 2.61. The molecule has 2 aliphatic rings. The normalized spacial score (nSPS) is 24.4. The van der Waals surface area contributed by atoms with Gasteiger partial charge in [0.2, 0.25) is 17.5 Å². The largest absolute Gasteiger partial charge is 0.422 e. The van der Waals surface area contributed by atoms with Crippen LogP contribution in [-0.2, 0) is 4.74 Å². The minimum atomic E-state index is -0.245. The molecule has 0 bridgehead atoms. The molecule has 1 N–H and O–H groups in total. The molecule has 2 heterocycles. The molecule has 0 spiro atoms. The highest BCUT2D eigenvalue weighted by Gasteiger charge is 2.36. The molecule has 1 amide bonds. The lowest BCUT2D eigenvalue weighted by Crippen LogP contribution is -2.43. The van der Waals surface area contributed by atoms with Crippen LogP contribution in [0.25, 0.3) is 0 Å². The Balaban J connectivity index is 1.24. The van der Waals surface area contributed by atoms with Crippen molar-refractivity contribution in [2.24, 2.45) is 5.92 Å². The summed E-state index contributed by atoms with van der Waals surface area (Å²) in [6.07, 6.45) is 6.65. The maximum atomic E-state index is 11.9. The smallest absolute Gasteiger partial charge is 0.290 e. The van der Waals surface area contributed by atoms with Gasteiger partial charge in [-0.3, -0.25) is 4.79 Å². The minimum absolute atomic E-state index is 0.0882. The Morgan fingerprint density at radius 1 is 1.40 bits per heavy atom. The van der Waals surface area contributed by atoms with Crippen LogP contribution in [0.5, 0.6) is 0 Å². The topological polar surface area (TPSA) is 103 Å². The van der Waals surface area contributed by atoms with Crippen LogP contribution in [0, 0.1) is 5.92 Å². The van der Waals surface area contributed by atoms with Gasteiger partial charge in [0.1, 0.15) is 6.10 Å². The van der Waals surface area contributed by atoms with Crippen molar-refractivity contribution in [3.8, 4) is 0 Å². The van der Waals surface area contributed by atoms with Gasteiger partial charge in [0.05, 0.1) is 12.8 Å². The van der Waals surface area contributed by atoms with Crippen molar-refractivity contribution in [1.29, 1.82) is 0 Å². The lowest BCUT2D eigenvalue weighted by molar-refractivity contribution is 0.00504. The second kappa shape index (κ2) is 6.95. The van der Waals surface area contributed by atoms with E-state index in [0.717, 1.165) is 19.4 Å². The zero-order chi connectivity index (χ0) is 17.2. The molecule has 0 aromatic carbocycles. The van der Waals surface area contributed by atoms with Gasteiger partial charge < -0.3 is 19.0 Å². The van der Waals surface area contributed by atoms with Crippen LogP contribution in [0.15, 0.2) is 21.2 Å². The Kier molecular flexibility index (Phi) is 4.52. The van der Waals surface area contributed by atoms with Crippen LogP contribution >= 0.6 is 0 Å². The van der Waals surface area contributed by atoms with E-state index in [1.54, 1.807) is 6.07 Å². The lowest BCUT2D eigenvalue weighted by atomic mass is 9.80. The number of hydrogen-bond acceptors (Lipinski definition) is 7. The van der Waals surface area contributed by atoms with Crippen molar-refractivity contribution in [2.75, 3.05) is 6.61 Å². The Labute approximate surface area is 145 Å². The fourth-order valence-electron chi connectivity index (χ4n) is 3.11. The van der Waals surface area contributed by atoms with E-state index in [1.807, 2.05) is 6.92 Å². The van der Waals surface area contributed by atoms with E-state index < -0.39 is 0 Å². The highest BCUT2D eigenvalue weighted by atomic mass is 16.5. The number of carbonyl (C=O) groups excluding carboxylic acids is 1. The number of amides is 1. The Hall–Kier alpha value is -2.22. The molecule has 2 saturated carbocycles. The second-order valence-electron chi connectivity index (χ2n) is 6.97. The van der Waals surface area contributed by atoms with Crippen LogP contribution in [0.2, 0.25) is 0 Å². The van der Waals surface area contributed by atoms with Crippen molar-refractivity contribution in [3.05, 3.63) is 29.8 Å². The Bertz CT molecular complexity index is 704. The van der Waals surface area contributed by atoms with Crippen LogP contribution in [-0.4, -0.2) is 33.9 Å². The van der Waals surface area contributed by atoms with Crippen LogP contribution in [0.4, 0.5) is 0 Å². The molecular weight excluding hydrogens is 324 g/mol. The molecule has 1 atom stereocenters. The number of ether oxygens (including phenoxy) is 1. The third kappa shape index (κ3) is 3.58. The van der Waals surface area contributed by atoms with Gasteiger partial charge in [-0.05, 0) is 38.5 Å². The summed E-state index contributed by atoms with van der Waals surface area (Å²) in [4.78, 5) is 11.9. The van der Waals surface area contributed by atoms with Gasteiger partial charge in [-0.15, -0.1) is 10.2 Å². The van der Waals surface area contributed by atoms with Crippen LogP contribution < -0.4 is 5.32 Å². The van der Waals surface area contributed by atoms with Crippen molar-refractivity contribution in [1.82, 2.24) is 20.7 Å². The number of carbonyl (C=O) groups is 1.